The molecule has 8 nitrogen and oxygen atoms in total. The van der Waals surface area contributed by atoms with Crippen molar-refractivity contribution in [3.05, 3.63) is 433 Å². The van der Waals surface area contributed by atoms with Gasteiger partial charge in [0.1, 0.15) is 22.3 Å². The van der Waals surface area contributed by atoms with Crippen LogP contribution in [-0.2, 0) is 38.9 Å². The van der Waals surface area contributed by atoms with E-state index in [4.69, 9.17) is 8.83 Å². The monoisotopic (exact) mass is 1840 g/mol. The second-order valence-electron chi connectivity index (χ2n) is 45.5. The van der Waals surface area contributed by atoms with Gasteiger partial charge in [0.2, 0.25) is 0 Å². The molecule has 4 aliphatic rings. The van der Waals surface area contributed by atoms with Crippen LogP contribution in [0.4, 0.5) is 102 Å². The lowest BCUT2D eigenvalue weighted by atomic mass is 9.33. The molecule has 142 heavy (non-hydrogen) atoms. The Kier molecular flexibility index (Phi) is 20.9. The van der Waals surface area contributed by atoms with Gasteiger partial charge in [0.05, 0.1) is 11.4 Å². The number of anilines is 18. The third kappa shape index (κ3) is 15.2. The first kappa shape index (κ1) is 89.1. The number of hydrogen-bond donors (Lipinski definition) is 0. The fourth-order valence-corrected chi connectivity index (χ4v) is 22.9. The molecule has 0 N–H and O–H groups in total. The third-order valence-corrected chi connectivity index (χ3v) is 30.5. The van der Waals surface area contributed by atoms with E-state index in [2.05, 4.69) is 541 Å². The topological polar surface area (TPSA) is 45.7 Å². The average Bonchev–Trinajstić information content (AvgIpc) is 0.862. The lowest BCUT2D eigenvalue weighted by molar-refractivity contribution is 0.522. The maximum Gasteiger partial charge on any atom is 0.252 e. The van der Waals surface area contributed by atoms with Gasteiger partial charge >= 0.3 is 0 Å². The van der Waals surface area contributed by atoms with Gasteiger partial charge in [0.15, 0.2) is 0 Å². The number of fused-ring (bicyclic) bond motifs is 14. The molecule has 0 fully saturated rings. The summed E-state index contributed by atoms with van der Waals surface area (Å²) in [5.74, 6) is 0. The van der Waals surface area contributed by atoms with Crippen molar-refractivity contribution in [2.24, 2.45) is 0 Å². The molecule has 0 radical (unpaired) electrons. The van der Waals surface area contributed by atoms with Crippen molar-refractivity contribution in [3.63, 3.8) is 0 Å². The molecule has 10 heteroatoms. The predicted octanol–water partition coefficient (Wildman–Crippen LogP) is 32.9. The average molecular weight is 1840 g/mol. The lowest BCUT2D eigenvalue weighted by Gasteiger charge is -2.45. The molecule has 18 aromatic carbocycles. The molecule has 0 spiro atoms. The fourth-order valence-electron chi connectivity index (χ4n) is 22.9. The van der Waals surface area contributed by atoms with Gasteiger partial charge in [-0.2, -0.15) is 0 Å². The minimum absolute atomic E-state index is 0.0328. The van der Waals surface area contributed by atoms with Crippen LogP contribution in [0.15, 0.2) is 403 Å². The van der Waals surface area contributed by atoms with Crippen LogP contribution in [-0.4, -0.2) is 13.4 Å². The molecule has 0 amide bonds. The Morgan fingerprint density at radius 3 is 0.930 bits per heavy atom. The fraction of sp³-hybridized carbons (Fsp3) is 0.182. The van der Waals surface area contributed by atoms with E-state index >= 15 is 0 Å². The highest BCUT2D eigenvalue weighted by molar-refractivity contribution is 7.01. The Hall–Kier alpha value is -15.5. The standard InChI is InChI=1S/C132H118B2N6O2/c1-127(2,3)87-53-65-100(66-54-87)140-116-78-92(131(13,14)15)58-70-110(116)134-111-75-89(128(4,5)6)59-71-113(111)137(117-79-101(82-120(140)123(117)134)135(93-34-22-18-23-35-93)94-36-24-19-25-37-94)97-61-49-86(50-62-97)104-44-33-46-107-108-74-84(48-73-122(108)142-126(104)107)83-132(16,17)88-55-67-99(68-56-88)138-114-72-60-90(129(7,8)9)76-112(114)133-109-69-57-91(130(10,11)12)77-115(109)139(98-63-51-85(52-64-98)103-43-32-45-106-105-42-30-31-47-121(105)141-125(103)106)119-81-102(80-118(138)124(119)133)136(95-38-26-20-27-39-95)96-40-28-21-29-41-96/h18-82H,83H2,1-17H3. The summed E-state index contributed by atoms with van der Waals surface area (Å²) in [5.41, 5.74) is 43.6. The van der Waals surface area contributed by atoms with Crippen molar-refractivity contribution in [2.45, 2.75) is 157 Å². The van der Waals surface area contributed by atoms with E-state index in [0.29, 0.717) is 0 Å². The van der Waals surface area contributed by atoms with E-state index in [1.165, 1.54) is 88.8 Å². The maximum absolute atomic E-state index is 7.17. The van der Waals surface area contributed by atoms with Crippen LogP contribution >= 0.6 is 0 Å². The van der Waals surface area contributed by atoms with Crippen LogP contribution in [0.25, 0.3) is 66.1 Å². The van der Waals surface area contributed by atoms with Crippen LogP contribution in [0.2, 0.25) is 0 Å². The molecule has 2 aromatic heterocycles. The molecular formula is C132H118B2N6O2. The summed E-state index contributed by atoms with van der Waals surface area (Å²) >= 11 is 0. The van der Waals surface area contributed by atoms with Crippen LogP contribution in [0.5, 0.6) is 0 Å². The molecule has 6 heterocycles. The van der Waals surface area contributed by atoms with Gasteiger partial charge in [-0.25, -0.2) is 0 Å². The highest BCUT2D eigenvalue weighted by Gasteiger charge is 2.48. The van der Waals surface area contributed by atoms with Crippen LogP contribution in [0.1, 0.15) is 157 Å². The molecule has 0 aliphatic carbocycles. The largest absolute Gasteiger partial charge is 0.455 e. The van der Waals surface area contributed by atoms with Crippen molar-refractivity contribution in [3.8, 4) is 22.3 Å². The number of hydrogen-bond acceptors (Lipinski definition) is 8. The van der Waals surface area contributed by atoms with E-state index in [9.17, 15) is 0 Å². The Labute approximate surface area is 837 Å². The Bertz CT molecular complexity index is 8280. The molecule has 0 bridgehead atoms. The van der Waals surface area contributed by atoms with Crippen molar-refractivity contribution >= 4 is 192 Å². The van der Waals surface area contributed by atoms with E-state index < -0.39 is 0 Å². The summed E-state index contributed by atoms with van der Waals surface area (Å²) < 4.78 is 13.9. The van der Waals surface area contributed by atoms with E-state index in [1.54, 1.807) is 0 Å². The van der Waals surface area contributed by atoms with Gasteiger partial charge in [-0.15, -0.1) is 0 Å². The predicted molar refractivity (Wildman–Crippen MR) is 606 cm³/mol. The first-order valence-corrected chi connectivity index (χ1v) is 50.5. The summed E-state index contributed by atoms with van der Waals surface area (Å²) in [7, 11) is 0. The molecule has 4 aliphatic heterocycles. The second kappa shape index (κ2) is 33.3. The molecule has 0 unspecified atom stereocenters. The van der Waals surface area contributed by atoms with Gasteiger partial charge in [-0.1, -0.05) is 348 Å². The SMILES string of the molecule is CC(C)(C)c1ccc(N2c3cc(C(C)(C)C)ccc3B3c4cc(C(C)(C)C)ccc4N(c4ccc(-c5cccc6c5oc5ccc(CC(C)(C)c7ccc(N8c9ccc(C(C)(C)C)cc9B9c%10ccc(C(C)(C)C)cc%10N(c%10ccc(-c%11cccc%12c%11oc%11ccccc%11%12)cc%10)c%10cc(N(c%11ccccc%11)c%11ccccc%11)cc8c%109)cc7)cc56)cc4)c4cc(N(c5ccccc5)c5ccccc5)cc2c43)cc1. The maximum atomic E-state index is 7.17. The van der Waals surface area contributed by atoms with Crippen molar-refractivity contribution in [1.29, 1.82) is 0 Å². The van der Waals surface area contributed by atoms with E-state index in [1.807, 2.05) is 0 Å². The summed E-state index contributed by atoms with van der Waals surface area (Å²) in [6.07, 6.45) is 0.792. The number of benzene rings is 18. The second-order valence-corrected chi connectivity index (χ2v) is 45.5. The first-order chi connectivity index (χ1) is 68.3. The Balaban J connectivity index is 0.604. The summed E-state index contributed by atoms with van der Waals surface area (Å²) in [5, 5.41) is 4.43. The number of para-hydroxylation sites is 7. The zero-order valence-electron chi connectivity index (χ0n) is 84.4. The molecular weight excluding hydrogens is 1720 g/mol. The van der Waals surface area contributed by atoms with Gasteiger partial charge in [-0.3, -0.25) is 0 Å². The van der Waals surface area contributed by atoms with Gasteiger partial charge < -0.3 is 38.2 Å². The van der Waals surface area contributed by atoms with Crippen LogP contribution in [0, 0.1) is 0 Å². The van der Waals surface area contributed by atoms with Gasteiger partial charge in [0, 0.05) is 124 Å². The van der Waals surface area contributed by atoms with E-state index in [0.717, 1.165) is 158 Å². The van der Waals surface area contributed by atoms with E-state index in [-0.39, 0.29) is 45.9 Å². The van der Waals surface area contributed by atoms with Crippen LogP contribution in [0.3, 0.4) is 0 Å². The Morgan fingerprint density at radius 2 is 0.542 bits per heavy atom. The highest BCUT2D eigenvalue weighted by Crippen LogP contribution is 2.55. The first-order valence-electron chi connectivity index (χ1n) is 50.5. The zero-order chi connectivity index (χ0) is 97.5. The summed E-state index contributed by atoms with van der Waals surface area (Å²) in [4.78, 5) is 15.2. The number of rotatable bonds is 15. The van der Waals surface area contributed by atoms with Crippen molar-refractivity contribution < 1.29 is 8.83 Å². The molecule has 694 valence electrons. The Morgan fingerprint density at radius 1 is 0.225 bits per heavy atom. The minimum Gasteiger partial charge on any atom is -0.455 e. The molecule has 0 saturated carbocycles. The smallest absolute Gasteiger partial charge is 0.252 e. The molecule has 0 saturated heterocycles. The van der Waals surface area contributed by atoms with Gasteiger partial charge in [0.25, 0.3) is 13.4 Å². The van der Waals surface area contributed by atoms with Gasteiger partial charge in [-0.05, 0) is 286 Å². The third-order valence-electron chi connectivity index (χ3n) is 30.5. The summed E-state index contributed by atoms with van der Waals surface area (Å²) in [6.45, 7) is 39.6. The minimum atomic E-state index is -0.298. The molecule has 24 rings (SSSR count). The molecule has 0 atom stereocenters. The lowest BCUT2D eigenvalue weighted by Crippen LogP contribution is -2.61. The highest BCUT2D eigenvalue weighted by atomic mass is 16.3. The zero-order valence-corrected chi connectivity index (χ0v) is 84.4. The quantitative estimate of drug-likeness (QED) is 0.0941. The number of nitrogens with zero attached hydrogens (tertiary/aromatic N) is 6. The van der Waals surface area contributed by atoms with Crippen molar-refractivity contribution in [1.82, 2.24) is 0 Å². The summed E-state index contributed by atoms with van der Waals surface area (Å²) in [6, 6.07) is 149. The van der Waals surface area contributed by atoms with Crippen molar-refractivity contribution in [2.75, 3.05) is 29.4 Å². The van der Waals surface area contributed by atoms with Crippen LogP contribution < -0.4 is 62.2 Å². The molecule has 20 aromatic rings. The normalized spacial score (nSPS) is 13.5. The number of furan rings is 2.